The monoisotopic (exact) mass is 151 g/mol. The fourth-order valence-electron chi connectivity index (χ4n) is 1.10. The Balaban J connectivity index is 2.68. The lowest BCUT2D eigenvalue weighted by Crippen LogP contribution is -2.08. The van der Waals surface area contributed by atoms with E-state index in [1.807, 2.05) is 10.7 Å². The maximum atomic E-state index is 4.12. The van der Waals surface area contributed by atoms with Gasteiger partial charge in [0.1, 0.15) is 6.20 Å². The molecular weight excluding hydrogens is 136 g/mol. The molecule has 61 valence electrons. The van der Waals surface area contributed by atoms with Crippen LogP contribution in [-0.2, 0) is 13.0 Å². The molecule has 0 unspecified atom stereocenters. The summed E-state index contributed by atoms with van der Waals surface area (Å²) >= 11 is 0. The van der Waals surface area contributed by atoms with Crippen LogP contribution in [0, 0.1) is 12.1 Å². The van der Waals surface area contributed by atoms with Crippen molar-refractivity contribution in [3.05, 3.63) is 18.0 Å². The van der Waals surface area contributed by atoms with Crippen molar-refractivity contribution >= 4 is 0 Å². The molecule has 1 radical (unpaired) electrons. The Morgan fingerprint density at radius 1 is 1.64 bits per heavy atom. The third kappa shape index (κ3) is 2.07. The molecule has 1 rings (SSSR count). The average molecular weight is 151 g/mol. The predicted molar refractivity (Wildman–Crippen MR) is 45.3 cm³/mol. The van der Waals surface area contributed by atoms with E-state index in [1.165, 1.54) is 5.69 Å². The summed E-state index contributed by atoms with van der Waals surface area (Å²) in [6.07, 6.45) is 3.91. The van der Waals surface area contributed by atoms with E-state index >= 15 is 0 Å². The van der Waals surface area contributed by atoms with Gasteiger partial charge in [-0.1, -0.05) is 20.8 Å². The largest absolute Gasteiger partial charge is 0.269 e. The molecular formula is C9H15N2. The molecule has 0 aromatic carbocycles. The smallest absolute Gasteiger partial charge is 0.113 e. The molecule has 0 fully saturated rings. The average Bonchev–Trinajstić information content (AvgIpc) is 2.34. The zero-order chi connectivity index (χ0) is 8.27. The van der Waals surface area contributed by atoms with E-state index in [0.29, 0.717) is 5.92 Å². The minimum Gasteiger partial charge on any atom is -0.269 e. The van der Waals surface area contributed by atoms with Gasteiger partial charge < -0.3 is 0 Å². The van der Waals surface area contributed by atoms with Crippen LogP contribution in [0.15, 0.2) is 6.07 Å². The molecule has 0 aliphatic heterocycles. The summed E-state index contributed by atoms with van der Waals surface area (Å²) in [6.45, 7) is 7.54. The van der Waals surface area contributed by atoms with Crippen LogP contribution < -0.4 is 0 Å². The van der Waals surface area contributed by atoms with Gasteiger partial charge in [0.25, 0.3) is 0 Å². The molecule has 0 aliphatic rings. The summed E-state index contributed by atoms with van der Waals surface area (Å²) in [5, 5.41) is 4.12. The quantitative estimate of drug-likeness (QED) is 0.645. The van der Waals surface area contributed by atoms with E-state index in [1.54, 1.807) is 0 Å². The Hall–Kier alpha value is -0.790. The number of hydrogen-bond acceptors (Lipinski definition) is 1. The molecule has 1 heterocycles. The highest BCUT2D eigenvalue weighted by Crippen LogP contribution is 2.03. The van der Waals surface area contributed by atoms with Crippen LogP contribution in [0.4, 0.5) is 0 Å². The van der Waals surface area contributed by atoms with Gasteiger partial charge in [-0.3, -0.25) is 4.68 Å². The van der Waals surface area contributed by atoms with Gasteiger partial charge in [0.15, 0.2) is 0 Å². The maximum Gasteiger partial charge on any atom is 0.113 e. The van der Waals surface area contributed by atoms with Gasteiger partial charge in [-0.2, -0.15) is 5.10 Å². The van der Waals surface area contributed by atoms with Crippen LogP contribution in [0.5, 0.6) is 0 Å². The van der Waals surface area contributed by atoms with Crippen LogP contribution in [0.2, 0.25) is 0 Å². The first-order valence-electron chi connectivity index (χ1n) is 4.16. The highest BCUT2D eigenvalue weighted by molar-refractivity contribution is 4.98. The maximum absolute atomic E-state index is 4.12. The van der Waals surface area contributed by atoms with Crippen molar-refractivity contribution in [2.45, 2.75) is 33.7 Å². The molecule has 0 saturated heterocycles. The van der Waals surface area contributed by atoms with E-state index in [-0.39, 0.29) is 0 Å². The van der Waals surface area contributed by atoms with E-state index < -0.39 is 0 Å². The van der Waals surface area contributed by atoms with Gasteiger partial charge >= 0.3 is 0 Å². The Morgan fingerprint density at radius 3 is 2.91 bits per heavy atom. The first-order chi connectivity index (χ1) is 5.24. The lowest BCUT2D eigenvalue weighted by molar-refractivity contribution is 0.469. The van der Waals surface area contributed by atoms with Crippen LogP contribution in [-0.4, -0.2) is 9.78 Å². The molecule has 2 nitrogen and oxygen atoms in total. The fraction of sp³-hybridized carbons (Fsp3) is 0.667. The van der Waals surface area contributed by atoms with Crippen LogP contribution in [0.25, 0.3) is 0 Å². The molecule has 1 aromatic heterocycles. The second kappa shape index (κ2) is 3.56. The van der Waals surface area contributed by atoms with Crippen LogP contribution in [0.3, 0.4) is 0 Å². The van der Waals surface area contributed by atoms with Crippen LogP contribution >= 0.6 is 0 Å². The van der Waals surface area contributed by atoms with Gasteiger partial charge in [0, 0.05) is 12.2 Å². The second-order valence-corrected chi connectivity index (χ2v) is 3.19. The Bertz CT molecular complexity index is 213. The Morgan fingerprint density at radius 2 is 2.36 bits per heavy atom. The number of rotatable bonds is 3. The summed E-state index contributed by atoms with van der Waals surface area (Å²) in [7, 11) is 0. The molecule has 0 spiro atoms. The minimum atomic E-state index is 0.661. The topological polar surface area (TPSA) is 17.8 Å². The van der Waals surface area contributed by atoms with Gasteiger partial charge in [-0.15, -0.1) is 0 Å². The third-order valence-corrected chi connectivity index (χ3v) is 1.64. The first-order valence-corrected chi connectivity index (χ1v) is 4.16. The zero-order valence-corrected chi connectivity index (χ0v) is 7.46. The SMILES string of the molecule is CCc1c[c]nn1CC(C)C. The van der Waals surface area contributed by atoms with Crippen LogP contribution in [0.1, 0.15) is 26.5 Å². The molecule has 0 atom stereocenters. The minimum absolute atomic E-state index is 0.661. The van der Waals surface area contributed by atoms with E-state index in [9.17, 15) is 0 Å². The standard InChI is InChI=1S/C9H15N2/c1-4-9-5-6-10-11(9)7-8(2)3/h5,8H,4,7H2,1-3H3. The van der Waals surface area contributed by atoms with Crippen molar-refractivity contribution < 1.29 is 0 Å². The molecule has 0 aliphatic carbocycles. The lowest BCUT2D eigenvalue weighted by atomic mass is 10.2. The summed E-state index contributed by atoms with van der Waals surface area (Å²) in [6, 6.07) is 1.96. The van der Waals surface area contributed by atoms with Crippen molar-refractivity contribution in [2.24, 2.45) is 5.92 Å². The highest BCUT2D eigenvalue weighted by atomic mass is 15.3. The highest BCUT2D eigenvalue weighted by Gasteiger charge is 2.01. The summed E-state index contributed by atoms with van der Waals surface area (Å²) < 4.78 is 2.03. The third-order valence-electron chi connectivity index (χ3n) is 1.64. The molecule has 2 heteroatoms. The summed E-state index contributed by atoms with van der Waals surface area (Å²) in [5.41, 5.74) is 1.28. The zero-order valence-electron chi connectivity index (χ0n) is 7.46. The van der Waals surface area contributed by atoms with Gasteiger partial charge in [0.2, 0.25) is 0 Å². The van der Waals surface area contributed by atoms with Crippen molar-refractivity contribution in [3.63, 3.8) is 0 Å². The van der Waals surface area contributed by atoms with E-state index in [0.717, 1.165) is 13.0 Å². The van der Waals surface area contributed by atoms with Crippen molar-refractivity contribution in [1.82, 2.24) is 9.78 Å². The number of aromatic nitrogens is 2. The first kappa shape index (κ1) is 8.31. The summed E-state index contributed by atoms with van der Waals surface area (Å²) in [4.78, 5) is 0. The van der Waals surface area contributed by atoms with Crippen molar-refractivity contribution in [2.75, 3.05) is 0 Å². The number of aryl methyl sites for hydroxylation is 1. The fourth-order valence-corrected chi connectivity index (χ4v) is 1.10. The second-order valence-electron chi connectivity index (χ2n) is 3.19. The molecule has 11 heavy (non-hydrogen) atoms. The molecule has 0 N–H and O–H groups in total. The van der Waals surface area contributed by atoms with Gasteiger partial charge in [-0.25, -0.2) is 0 Å². The lowest BCUT2D eigenvalue weighted by Gasteiger charge is -2.07. The Kier molecular flexibility index (Phi) is 2.69. The van der Waals surface area contributed by atoms with E-state index in [4.69, 9.17) is 0 Å². The van der Waals surface area contributed by atoms with Gasteiger partial charge in [-0.05, 0) is 18.4 Å². The normalized spacial score (nSPS) is 10.9. The molecule has 1 aromatic rings. The summed E-state index contributed by atoms with van der Waals surface area (Å²) in [5.74, 6) is 0.661. The number of nitrogens with zero attached hydrogens (tertiary/aromatic N) is 2. The Labute approximate surface area is 68.2 Å². The molecule has 0 amide bonds. The van der Waals surface area contributed by atoms with Crippen molar-refractivity contribution in [3.8, 4) is 0 Å². The number of hydrogen-bond donors (Lipinski definition) is 0. The van der Waals surface area contributed by atoms with Gasteiger partial charge in [0.05, 0.1) is 0 Å². The van der Waals surface area contributed by atoms with E-state index in [2.05, 4.69) is 32.1 Å². The molecule has 0 saturated carbocycles. The molecule has 0 bridgehead atoms. The predicted octanol–water partition coefficient (Wildman–Crippen LogP) is 1.90. The van der Waals surface area contributed by atoms with Crippen molar-refractivity contribution in [1.29, 1.82) is 0 Å².